The van der Waals surface area contributed by atoms with Crippen LogP contribution < -0.4 is 5.32 Å². The van der Waals surface area contributed by atoms with Gasteiger partial charge in [-0.15, -0.1) is 0 Å². The molecule has 1 heterocycles. The molecule has 0 aromatic rings. The first-order valence-corrected chi connectivity index (χ1v) is 7.85. The Morgan fingerprint density at radius 1 is 1.25 bits per heavy atom. The predicted molar refractivity (Wildman–Crippen MR) is 85.6 cm³/mol. The van der Waals surface area contributed by atoms with Crippen molar-refractivity contribution in [2.75, 3.05) is 19.6 Å². The van der Waals surface area contributed by atoms with Crippen LogP contribution in [-0.4, -0.2) is 35.6 Å². The largest absolute Gasteiger partial charge is 0.300 e. The van der Waals surface area contributed by atoms with Gasteiger partial charge in [-0.25, -0.2) is 0 Å². The Kier molecular flexibility index (Phi) is 6.04. The molecule has 2 fully saturated rings. The smallest absolute Gasteiger partial charge is 0.121 e. The molecular formula is C17H33N3. The van der Waals surface area contributed by atoms with E-state index >= 15 is 0 Å². The highest BCUT2D eigenvalue weighted by Crippen LogP contribution is 2.28. The van der Waals surface area contributed by atoms with Gasteiger partial charge in [-0.05, 0) is 46.0 Å². The molecule has 0 aromatic carbocycles. The van der Waals surface area contributed by atoms with E-state index in [0.29, 0.717) is 0 Å². The lowest BCUT2D eigenvalue weighted by Gasteiger charge is -2.33. The van der Waals surface area contributed by atoms with Crippen molar-refractivity contribution in [1.29, 1.82) is 5.26 Å². The zero-order valence-electron chi connectivity index (χ0n) is 12.8. The Balaban J connectivity index is 0.00000200. The van der Waals surface area contributed by atoms with Crippen LogP contribution in [-0.2, 0) is 0 Å². The number of likely N-dealkylation sites (tertiary alicyclic amines) is 1. The van der Waals surface area contributed by atoms with Crippen molar-refractivity contribution < 1.29 is 0 Å². The van der Waals surface area contributed by atoms with Gasteiger partial charge < -0.3 is 4.90 Å². The minimum Gasteiger partial charge on any atom is -0.300 e. The van der Waals surface area contributed by atoms with Crippen molar-refractivity contribution in [3.8, 4) is 6.07 Å². The Morgan fingerprint density at radius 3 is 2.45 bits per heavy atom. The third-order valence-electron chi connectivity index (χ3n) is 4.42. The monoisotopic (exact) mass is 279 g/mol. The summed E-state index contributed by atoms with van der Waals surface area (Å²) in [4.78, 5) is 2.51. The lowest BCUT2D eigenvalue weighted by Crippen LogP contribution is -2.54. The van der Waals surface area contributed by atoms with Crippen LogP contribution in [0, 0.1) is 17.2 Å². The van der Waals surface area contributed by atoms with Gasteiger partial charge in [0, 0.05) is 25.2 Å². The highest BCUT2D eigenvalue weighted by molar-refractivity contribution is 5.14. The van der Waals surface area contributed by atoms with E-state index in [2.05, 4.69) is 37.1 Å². The Labute approximate surface area is 125 Å². The van der Waals surface area contributed by atoms with E-state index in [0.717, 1.165) is 25.4 Å². The van der Waals surface area contributed by atoms with Crippen LogP contribution in [0.2, 0.25) is 0 Å². The average molecular weight is 279 g/mol. The van der Waals surface area contributed by atoms with Crippen LogP contribution in [0.5, 0.6) is 0 Å². The summed E-state index contributed by atoms with van der Waals surface area (Å²) in [6.07, 6.45) is 7.98. The fourth-order valence-electron chi connectivity index (χ4n) is 3.72. The first-order valence-electron chi connectivity index (χ1n) is 7.85. The first-order chi connectivity index (χ1) is 8.92. The number of rotatable bonds is 3. The van der Waals surface area contributed by atoms with Crippen molar-refractivity contribution in [3.63, 3.8) is 0 Å². The Hall–Kier alpha value is -0.590. The summed E-state index contributed by atoms with van der Waals surface area (Å²) in [5.74, 6) is 0.873. The van der Waals surface area contributed by atoms with E-state index < -0.39 is 0 Å². The van der Waals surface area contributed by atoms with Crippen LogP contribution in [0.15, 0.2) is 0 Å². The lowest BCUT2D eigenvalue weighted by atomic mass is 9.89. The SMILES string of the molecule is C.CC(C)(C)NC1(C#N)CCN(CC2CCCCC2)C1. The van der Waals surface area contributed by atoms with E-state index in [1.807, 2.05) is 0 Å². The molecule has 20 heavy (non-hydrogen) atoms. The predicted octanol–water partition coefficient (Wildman–Crippen LogP) is 3.56. The highest BCUT2D eigenvalue weighted by Gasteiger charge is 2.41. The number of nitrogens with zero attached hydrogens (tertiary/aromatic N) is 2. The van der Waals surface area contributed by atoms with Crippen molar-refractivity contribution in [2.45, 2.75) is 77.8 Å². The van der Waals surface area contributed by atoms with Crippen LogP contribution in [0.4, 0.5) is 0 Å². The van der Waals surface area contributed by atoms with Gasteiger partial charge in [0.05, 0.1) is 6.07 Å². The summed E-state index contributed by atoms with van der Waals surface area (Å²) in [7, 11) is 0. The fourth-order valence-corrected chi connectivity index (χ4v) is 3.72. The second-order valence-corrected chi connectivity index (χ2v) is 7.56. The van der Waals surface area contributed by atoms with Gasteiger partial charge in [-0.3, -0.25) is 5.32 Å². The topological polar surface area (TPSA) is 39.1 Å². The molecule has 2 rings (SSSR count). The van der Waals surface area contributed by atoms with Crippen molar-refractivity contribution in [3.05, 3.63) is 0 Å². The van der Waals surface area contributed by atoms with E-state index in [9.17, 15) is 5.26 Å². The molecule has 0 aromatic heterocycles. The molecule has 1 saturated carbocycles. The summed E-state index contributed by atoms with van der Waals surface area (Å²) >= 11 is 0. The molecule has 1 atom stereocenters. The molecule has 0 radical (unpaired) electrons. The van der Waals surface area contributed by atoms with Crippen molar-refractivity contribution in [2.24, 2.45) is 5.92 Å². The summed E-state index contributed by atoms with van der Waals surface area (Å²) in [6, 6.07) is 2.55. The normalized spacial score (nSPS) is 28.9. The molecule has 1 unspecified atom stereocenters. The number of nitrogens with one attached hydrogen (secondary N) is 1. The minimum atomic E-state index is -0.326. The molecule has 2 aliphatic rings. The maximum absolute atomic E-state index is 9.56. The summed E-state index contributed by atoms with van der Waals surface area (Å²) in [6.45, 7) is 9.63. The molecule has 0 amide bonds. The summed E-state index contributed by atoms with van der Waals surface area (Å²) < 4.78 is 0. The maximum Gasteiger partial charge on any atom is 0.121 e. The second-order valence-electron chi connectivity index (χ2n) is 7.56. The van der Waals surface area contributed by atoms with Crippen molar-refractivity contribution >= 4 is 0 Å². The fraction of sp³-hybridized carbons (Fsp3) is 0.941. The van der Waals surface area contributed by atoms with Crippen molar-refractivity contribution in [1.82, 2.24) is 10.2 Å². The van der Waals surface area contributed by atoms with Crippen LogP contribution in [0.3, 0.4) is 0 Å². The van der Waals surface area contributed by atoms with Crippen LogP contribution in [0.25, 0.3) is 0 Å². The maximum atomic E-state index is 9.56. The standard InChI is InChI=1S/C16H29N3.CH4/c1-15(2,3)18-16(12-17)9-10-19(13-16)11-14-7-5-4-6-8-14;/h14,18H,4-11,13H2,1-3H3;1H4. The summed E-state index contributed by atoms with van der Waals surface area (Å²) in [5, 5.41) is 13.1. The molecule has 1 N–H and O–H groups in total. The van der Waals surface area contributed by atoms with Gasteiger partial charge in [-0.2, -0.15) is 5.26 Å². The lowest BCUT2D eigenvalue weighted by molar-refractivity contribution is 0.216. The van der Waals surface area contributed by atoms with Gasteiger partial charge in [0.2, 0.25) is 0 Å². The van der Waals surface area contributed by atoms with Gasteiger partial charge >= 0.3 is 0 Å². The number of hydrogen-bond acceptors (Lipinski definition) is 3. The Morgan fingerprint density at radius 2 is 1.90 bits per heavy atom. The zero-order valence-corrected chi connectivity index (χ0v) is 12.8. The third-order valence-corrected chi connectivity index (χ3v) is 4.42. The van der Waals surface area contributed by atoms with Gasteiger partial charge in [0.1, 0.15) is 5.54 Å². The molecule has 3 heteroatoms. The second kappa shape index (κ2) is 6.91. The molecular weight excluding hydrogens is 246 g/mol. The quantitative estimate of drug-likeness (QED) is 0.858. The molecule has 1 saturated heterocycles. The average Bonchev–Trinajstić information content (AvgIpc) is 2.72. The van der Waals surface area contributed by atoms with Gasteiger partial charge in [0.15, 0.2) is 0 Å². The van der Waals surface area contributed by atoms with Crippen LogP contribution in [0.1, 0.15) is 66.7 Å². The van der Waals surface area contributed by atoms with E-state index in [4.69, 9.17) is 0 Å². The molecule has 3 nitrogen and oxygen atoms in total. The van der Waals surface area contributed by atoms with Gasteiger partial charge in [-0.1, -0.05) is 26.7 Å². The van der Waals surface area contributed by atoms with E-state index in [1.165, 1.54) is 38.6 Å². The van der Waals surface area contributed by atoms with E-state index in [-0.39, 0.29) is 18.5 Å². The third kappa shape index (κ3) is 4.75. The van der Waals surface area contributed by atoms with Crippen LogP contribution >= 0.6 is 0 Å². The molecule has 1 aliphatic carbocycles. The molecule has 0 spiro atoms. The number of hydrogen-bond donors (Lipinski definition) is 1. The molecule has 116 valence electrons. The first kappa shape index (κ1) is 17.5. The summed E-state index contributed by atoms with van der Waals surface area (Å²) in [5.41, 5.74) is -0.316. The highest BCUT2D eigenvalue weighted by atomic mass is 15.2. The van der Waals surface area contributed by atoms with Gasteiger partial charge in [0.25, 0.3) is 0 Å². The number of nitriles is 1. The zero-order chi connectivity index (χ0) is 13.9. The van der Waals surface area contributed by atoms with E-state index in [1.54, 1.807) is 0 Å². The molecule has 0 bridgehead atoms. The Bertz CT molecular complexity index is 333. The minimum absolute atomic E-state index is 0. The molecule has 1 aliphatic heterocycles.